The Morgan fingerprint density at radius 2 is 2.42 bits per heavy atom. The minimum absolute atomic E-state index is 0.144. The van der Waals surface area contributed by atoms with E-state index >= 15 is 0 Å². The molecule has 0 saturated heterocycles. The van der Waals surface area contributed by atoms with E-state index in [-0.39, 0.29) is 6.61 Å². The summed E-state index contributed by atoms with van der Waals surface area (Å²) in [5, 5.41) is 10.8. The van der Waals surface area contributed by atoms with Crippen LogP contribution in [-0.4, -0.2) is 10.9 Å². The van der Waals surface area contributed by atoms with E-state index in [4.69, 9.17) is 5.11 Å². The Balaban J connectivity index is 2.51. The van der Waals surface area contributed by atoms with Crippen LogP contribution in [-0.2, 0) is 6.61 Å². The van der Waals surface area contributed by atoms with Crippen LogP contribution in [0.15, 0.2) is 17.5 Å². The second-order valence-electron chi connectivity index (χ2n) is 2.42. The third kappa shape index (κ3) is 3.01. The average Bonchev–Trinajstić information content (AvgIpc) is 2.53. The van der Waals surface area contributed by atoms with Crippen LogP contribution in [0.4, 0.5) is 0 Å². The van der Waals surface area contributed by atoms with Crippen molar-refractivity contribution in [3.8, 4) is 0 Å². The highest BCUT2D eigenvalue weighted by atomic mass is 32.1. The number of rotatable bonds is 4. The predicted octanol–water partition coefficient (Wildman–Crippen LogP) is 2.57. The topological polar surface area (TPSA) is 20.2 Å². The molecule has 66 valence electrons. The van der Waals surface area contributed by atoms with Crippen LogP contribution in [0.2, 0.25) is 0 Å². The van der Waals surface area contributed by atoms with Crippen molar-refractivity contribution in [1.29, 1.82) is 0 Å². The Morgan fingerprint density at radius 1 is 1.58 bits per heavy atom. The molecule has 12 heavy (non-hydrogen) atoms. The van der Waals surface area contributed by atoms with Crippen LogP contribution in [0.25, 0.3) is 6.08 Å². The first-order valence-corrected chi connectivity index (χ1v) is 5.33. The molecule has 0 radical (unpaired) electrons. The molecule has 0 fully saturated rings. The normalized spacial score (nSPS) is 11.2. The van der Waals surface area contributed by atoms with Crippen LogP contribution < -0.4 is 0 Å². The molecule has 0 aliphatic heterocycles. The highest BCUT2D eigenvalue weighted by molar-refractivity contribution is 7.80. The Kier molecular flexibility index (Phi) is 4.43. The molecule has 0 aromatic carbocycles. The van der Waals surface area contributed by atoms with E-state index in [1.165, 1.54) is 5.56 Å². The first-order valence-electron chi connectivity index (χ1n) is 3.82. The Hall–Kier alpha value is -0.250. The van der Waals surface area contributed by atoms with E-state index in [0.29, 0.717) is 0 Å². The lowest BCUT2D eigenvalue weighted by Crippen LogP contribution is -1.72. The van der Waals surface area contributed by atoms with Gasteiger partial charge in [-0.05, 0) is 29.2 Å². The molecule has 1 nitrogen and oxygen atoms in total. The van der Waals surface area contributed by atoms with Crippen molar-refractivity contribution in [3.63, 3.8) is 0 Å². The first-order chi connectivity index (χ1) is 5.86. The molecule has 1 aromatic rings. The predicted molar refractivity (Wildman–Crippen MR) is 57.7 cm³/mol. The summed E-state index contributed by atoms with van der Waals surface area (Å²) in [6.07, 6.45) is 5.15. The molecular formula is C9H12OS2. The molecule has 0 atom stereocenters. The summed E-state index contributed by atoms with van der Waals surface area (Å²) >= 11 is 5.69. The van der Waals surface area contributed by atoms with Crippen LogP contribution in [0.3, 0.4) is 0 Å². The first kappa shape index (κ1) is 9.84. The second kappa shape index (κ2) is 5.41. The number of hydrogen-bond donors (Lipinski definition) is 2. The lowest BCUT2D eigenvalue weighted by atomic mass is 10.2. The van der Waals surface area contributed by atoms with Crippen molar-refractivity contribution in [2.75, 3.05) is 5.75 Å². The Morgan fingerprint density at radius 3 is 3.00 bits per heavy atom. The smallest absolute Gasteiger partial charge is 0.0774 e. The van der Waals surface area contributed by atoms with Gasteiger partial charge in [-0.3, -0.25) is 0 Å². The van der Waals surface area contributed by atoms with Crippen LogP contribution >= 0.6 is 24.0 Å². The molecule has 3 heteroatoms. The second-order valence-corrected chi connectivity index (χ2v) is 3.86. The van der Waals surface area contributed by atoms with E-state index in [1.54, 1.807) is 11.3 Å². The molecule has 0 unspecified atom stereocenters. The van der Waals surface area contributed by atoms with Gasteiger partial charge in [-0.2, -0.15) is 12.6 Å². The van der Waals surface area contributed by atoms with Gasteiger partial charge in [0.1, 0.15) is 0 Å². The number of allylic oxidation sites excluding steroid dienone is 1. The summed E-state index contributed by atoms with van der Waals surface area (Å²) in [6.45, 7) is 0.144. The summed E-state index contributed by atoms with van der Waals surface area (Å²) in [6, 6.07) is 2.00. The highest BCUT2D eigenvalue weighted by Crippen LogP contribution is 2.15. The number of thiophene rings is 1. The largest absolute Gasteiger partial charge is 0.391 e. The minimum atomic E-state index is 0.144. The fourth-order valence-corrected chi connectivity index (χ4v) is 1.72. The van der Waals surface area contributed by atoms with Gasteiger partial charge in [-0.25, -0.2) is 0 Å². The van der Waals surface area contributed by atoms with Gasteiger partial charge in [0.2, 0.25) is 0 Å². The van der Waals surface area contributed by atoms with Gasteiger partial charge in [-0.1, -0.05) is 12.2 Å². The summed E-state index contributed by atoms with van der Waals surface area (Å²) in [5.41, 5.74) is 1.17. The van der Waals surface area contributed by atoms with Crippen molar-refractivity contribution in [2.45, 2.75) is 13.0 Å². The molecule has 0 amide bonds. The van der Waals surface area contributed by atoms with Gasteiger partial charge in [0.25, 0.3) is 0 Å². The summed E-state index contributed by atoms with van der Waals surface area (Å²) in [7, 11) is 0. The zero-order valence-electron chi connectivity index (χ0n) is 6.73. The summed E-state index contributed by atoms with van der Waals surface area (Å²) in [5.74, 6) is 0.882. The minimum Gasteiger partial charge on any atom is -0.391 e. The van der Waals surface area contributed by atoms with Gasteiger partial charge in [0.15, 0.2) is 0 Å². The van der Waals surface area contributed by atoms with Crippen molar-refractivity contribution in [3.05, 3.63) is 28.0 Å². The number of aliphatic hydroxyl groups excluding tert-OH is 1. The van der Waals surface area contributed by atoms with Crippen molar-refractivity contribution in [2.24, 2.45) is 0 Å². The molecule has 0 saturated carbocycles. The SMILES string of the molecule is OCc1cc(C=CCCS)cs1. The quantitative estimate of drug-likeness (QED) is 0.716. The third-order valence-electron chi connectivity index (χ3n) is 1.44. The monoisotopic (exact) mass is 200 g/mol. The maximum Gasteiger partial charge on any atom is 0.0774 e. The third-order valence-corrected chi connectivity index (χ3v) is 2.63. The molecule has 0 spiro atoms. The van der Waals surface area contributed by atoms with Crippen LogP contribution in [0, 0.1) is 0 Å². The summed E-state index contributed by atoms with van der Waals surface area (Å²) < 4.78 is 0. The van der Waals surface area contributed by atoms with E-state index in [2.05, 4.69) is 24.8 Å². The lowest BCUT2D eigenvalue weighted by molar-refractivity contribution is 0.285. The highest BCUT2D eigenvalue weighted by Gasteiger charge is 1.93. The number of aliphatic hydroxyl groups is 1. The molecule has 0 aliphatic rings. The molecule has 1 N–H and O–H groups in total. The number of thiol groups is 1. The standard InChI is InChI=1S/C9H12OS2/c10-6-9-5-8(7-12-9)3-1-2-4-11/h1,3,5,7,10-11H,2,4,6H2. The van der Waals surface area contributed by atoms with Crippen molar-refractivity contribution >= 4 is 30.0 Å². The number of hydrogen-bond acceptors (Lipinski definition) is 3. The van der Waals surface area contributed by atoms with Crippen molar-refractivity contribution < 1.29 is 5.11 Å². The average molecular weight is 200 g/mol. The van der Waals surface area contributed by atoms with Gasteiger partial charge >= 0.3 is 0 Å². The van der Waals surface area contributed by atoms with Crippen molar-refractivity contribution in [1.82, 2.24) is 0 Å². The fourth-order valence-electron chi connectivity index (χ4n) is 0.862. The summed E-state index contributed by atoms with van der Waals surface area (Å²) in [4.78, 5) is 1.01. The van der Waals surface area contributed by atoms with E-state index in [9.17, 15) is 0 Å². The molecule has 0 bridgehead atoms. The molecule has 1 heterocycles. The van der Waals surface area contributed by atoms with E-state index < -0.39 is 0 Å². The molecule has 0 aliphatic carbocycles. The maximum absolute atomic E-state index is 8.80. The van der Waals surface area contributed by atoms with Gasteiger partial charge in [-0.15, -0.1) is 11.3 Å². The van der Waals surface area contributed by atoms with Crippen LogP contribution in [0.5, 0.6) is 0 Å². The molecule has 1 aromatic heterocycles. The Bertz CT molecular complexity index is 253. The zero-order valence-corrected chi connectivity index (χ0v) is 8.44. The lowest BCUT2D eigenvalue weighted by Gasteiger charge is -1.84. The van der Waals surface area contributed by atoms with E-state index in [0.717, 1.165) is 17.1 Å². The Labute approximate surface area is 82.2 Å². The van der Waals surface area contributed by atoms with Gasteiger partial charge in [0.05, 0.1) is 6.61 Å². The maximum atomic E-state index is 8.80. The van der Waals surface area contributed by atoms with Crippen LogP contribution in [0.1, 0.15) is 16.9 Å². The van der Waals surface area contributed by atoms with E-state index in [1.807, 2.05) is 11.4 Å². The fraction of sp³-hybridized carbons (Fsp3) is 0.333. The molecular weight excluding hydrogens is 188 g/mol. The zero-order chi connectivity index (χ0) is 8.81. The van der Waals surface area contributed by atoms with Gasteiger partial charge in [0, 0.05) is 4.88 Å². The molecule has 1 rings (SSSR count). The van der Waals surface area contributed by atoms with Gasteiger partial charge < -0.3 is 5.11 Å².